The lowest BCUT2D eigenvalue weighted by Gasteiger charge is -2.12. The Hall–Kier alpha value is -0.730. The first-order chi connectivity index (χ1) is 7.72. The number of nitrogens with zero attached hydrogens (tertiary/aromatic N) is 1. The van der Waals surface area contributed by atoms with Gasteiger partial charge in [0.2, 0.25) is 0 Å². The highest BCUT2D eigenvalue weighted by molar-refractivity contribution is 5.79. The van der Waals surface area contributed by atoms with Gasteiger partial charge in [-0.15, -0.1) is 0 Å². The summed E-state index contributed by atoms with van der Waals surface area (Å²) in [5, 5.41) is 6.67. The van der Waals surface area contributed by atoms with Crippen LogP contribution in [0.1, 0.15) is 46.5 Å². The molecule has 0 amide bonds. The minimum atomic E-state index is 0.752. The second-order valence-electron chi connectivity index (χ2n) is 5.10. The number of aliphatic imine (C=N–C) groups is 1. The molecule has 1 fully saturated rings. The molecule has 1 aliphatic rings. The van der Waals surface area contributed by atoms with Crippen LogP contribution >= 0.6 is 0 Å². The van der Waals surface area contributed by atoms with Crippen LogP contribution in [0.25, 0.3) is 0 Å². The van der Waals surface area contributed by atoms with E-state index >= 15 is 0 Å². The standard InChI is InChI=1S/C13H27N3/c1-4-14-13(15-9-7-11(2)3)16-10-8-12-5-6-12/h11-12H,4-10H2,1-3H3,(H2,14,15,16). The van der Waals surface area contributed by atoms with E-state index in [1.807, 2.05) is 0 Å². The molecule has 1 aliphatic carbocycles. The second-order valence-corrected chi connectivity index (χ2v) is 5.10. The van der Waals surface area contributed by atoms with Crippen LogP contribution in [-0.4, -0.2) is 25.6 Å². The number of rotatable bonds is 7. The lowest BCUT2D eigenvalue weighted by Crippen LogP contribution is -2.38. The summed E-state index contributed by atoms with van der Waals surface area (Å²) >= 11 is 0. The molecule has 0 aromatic heterocycles. The molecule has 1 saturated carbocycles. The van der Waals surface area contributed by atoms with Crippen molar-refractivity contribution in [2.24, 2.45) is 16.8 Å². The third-order valence-corrected chi connectivity index (χ3v) is 2.86. The molecular weight excluding hydrogens is 198 g/mol. The van der Waals surface area contributed by atoms with Gasteiger partial charge in [-0.1, -0.05) is 26.7 Å². The van der Waals surface area contributed by atoms with Crippen LogP contribution in [-0.2, 0) is 0 Å². The lowest BCUT2D eigenvalue weighted by atomic mass is 10.1. The fraction of sp³-hybridized carbons (Fsp3) is 0.923. The molecule has 2 N–H and O–H groups in total. The van der Waals surface area contributed by atoms with Crippen molar-refractivity contribution in [3.8, 4) is 0 Å². The molecule has 3 heteroatoms. The van der Waals surface area contributed by atoms with Crippen molar-refractivity contribution in [2.75, 3.05) is 19.6 Å². The van der Waals surface area contributed by atoms with Crippen molar-refractivity contribution in [2.45, 2.75) is 46.5 Å². The van der Waals surface area contributed by atoms with Crippen LogP contribution in [0.15, 0.2) is 4.99 Å². The molecule has 0 spiro atoms. The van der Waals surface area contributed by atoms with Gasteiger partial charge in [0.1, 0.15) is 0 Å². The van der Waals surface area contributed by atoms with Crippen molar-refractivity contribution in [3.63, 3.8) is 0 Å². The SMILES string of the molecule is CCNC(=NCCC1CC1)NCCC(C)C. The average Bonchev–Trinajstić information content (AvgIpc) is 3.01. The summed E-state index contributed by atoms with van der Waals surface area (Å²) in [5.74, 6) is 2.72. The molecule has 1 rings (SSSR count). The third-order valence-electron chi connectivity index (χ3n) is 2.86. The number of hydrogen-bond donors (Lipinski definition) is 2. The zero-order valence-electron chi connectivity index (χ0n) is 11.1. The molecule has 0 bridgehead atoms. The second kappa shape index (κ2) is 7.53. The maximum atomic E-state index is 4.58. The zero-order chi connectivity index (χ0) is 11.8. The Kier molecular flexibility index (Phi) is 6.27. The molecule has 0 aromatic rings. The minimum absolute atomic E-state index is 0.752. The Morgan fingerprint density at radius 1 is 1.31 bits per heavy atom. The van der Waals surface area contributed by atoms with Crippen molar-refractivity contribution >= 4 is 5.96 Å². The maximum Gasteiger partial charge on any atom is 0.191 e. The van der Waals surface area contributed by atoms with Gasteiger partial charge >= 0.3 is 0 Å². The smallest absolute Gasteiger partial charge is 0.191 e. The first-order valence-corrected chi connectivity index (χ1v) is 6.74. The third kappa shape index (κ3) is 6.70. The summed E-state index contributed by atoms with van der Waals surface area (Å²) in [7, 11) is 0. The predicted octanol–water partition coefficient (Wildman–Crippen LogP) is 2.39. The summed E-state index contributed by atoms with van der Waals surface area (Å²) in [5.41, 5.74) is 0. The Bertz CT molecular complexity index is 207. The van der Waals surface area contributed by atoms with E-state index in [0.717, 1.165) is 37.4 Å². The predicted molar refractivity (Wildman–Crippen MR) is 70.8 cm³/mol. The highest BCUT2D eigenvalue weighted by Gasteiger charge is 2.20. The van der Waals surface area contributed by atoms with Gasteiger partial charge in [-0.2, -0.15) is 0 Å². The van der Waals surface area contributed by atoms with Crippen molar-refractivity contribution < 1.29 is 0 Å². The minimum Gasteiger partial charge on any atom is -0.357 e. The molecule has 0 saturated heterocycles. The van der Waals surface area contributed by atoms with Crippen LogP contribution in [0, 0.1) is 11.8 Å². The topological polar surface area (TPSA) is 36.4 Å². The van der Waals surface area contributed by atoms with Crippen LogP contribution in [0.3, 0.4) is 0 Å². The molecule has 16 heavy (non-hydrogen) atoms. The molecule has 0 unspecified atom stereocenters. The van der Waals surface area contributed by atoms with E-state index in [-0.39, 0.29) is 0 Å². The Labute approximate surface area is 100 Å². The summed E-state index contributed by atoms with van der Waals surface area (Å²) in [4.78, 5) is 4.58. The van der Waals surface area contributed by atoms with E-state index < -0.39 is 0 Å². The van der Waals surface area contributed by atoms with E-state index in [0.29, 0.717) is 0 Å². The Morgan fingerprint density at radius 2 is 2.06 bits per heavy atom. The van der Waals surface area contributed by atoms with Crippen LogP contribution in [0.4, 0.5) is 0 Å². The molecule has 3 nitrogen and oxygen atoms in total. The lowest BCUT2D eigenvalue weighted by molar-refractivity contribution is 0.573. The zero-order valence-corrected chi connectivity index (χ0v) is 11.1. The summed E-state index contributed by atoms with van der Waals surface area (Å²) < 4.78 is 0. The van der Waals surface area contributed by atoms with Crippen LogP contribution < -0.4 is 10.6 Å². The first-order valence-electron chi connectivity index (χ1n) is 6.74. The summed E-state index contributed by atoms with van der Waals surface area (Å²) in [6.45, 7) is 9.55. The maximum absolute atomic E-state index is 4.58. The molecule has 0 heterocycles. The van der Waals surface area contributed by atoms with Gasteiger partial charge in [0.25, 0.3) is 0 Å². The molecule has 0 aliphatic heterocycles. The summed E-state index contributed by atoms with van der Waals surface area (Å²) in [6.07, 6.45) is 5.31. The summed E-state index contributed by atoms with van der Waals surface area (Å²) in [6, 6.07) is 0. The largest absolute Gasteiger partial charge is 0.357 e. The normalized spacial score (nSPS) is 16.6. The van der Waals surface area contributed by atoms with Crippen LogP contribution in [0.2, 0.25) is 0 Å². The quantitative estimate of drug-likeness (QED) is 0.515. The fourth-order valence-corrected chi connectivity index (χ4v) is 1.59. The van der Waals surface area contributed by atoms with E-state index in [1.54, 1.807) is 0 Å². The molecule has 0 aromatic carbocycles. The monoisotopic (exact) mass is 225 g/mol. The Balaban J connectivity index is 2.15. The van der Waals surface area contributed by atoms with Gasteiger partial charge in [-0.3, -0.25) is 4.99 Å². The van der Waals surface area contributed by atoms with Gasteiger partial charge in [-0.05, 0) is 31.6 Å². The number of nitrogens with one attached hydrogen (secondary N) is 2. The Morgan fingerprint density at radius 3 is 2.62 bits per heavy atom. The van der Waals surface area contributed by atoms with Gasteiger partial charge in [0, 0.05) is 19.6 Å². The highest BCUT2D eigenvalue weighted by Crippen LogP contribution is 2.31. The van der Waals surface area contributed by atoms with Crippen molar-refractivity contribution in [1.29, 1.82) is 0 Å². The first kappa shape index (κ1) is 13.3. The fourth-order valence-electron chi connectivity index (χ4n) is 1.59. The van der Waals surface area contributed by atoms with Gasteiger partial charge in [0.15, 0.2) is 5.96 Å². The van der Waals surface area contributed by atoms with Gasteiger partial charge < -0.3 is 10.6 Å². The highest BCUT2D eigenvalue weighted by atomic mass is 15.2. The van der Waals surface area contributed by atoms with Gasteiger partial charge in [0.05, 0.1) is 0 Å². The van der Waals surface area contributed by atoms with E-state index in [9.17, 15) is 0 Å². The van der Waals surface area contributed by atoms with Crippen molar-refractivity contribution in [1.82, 2.24) is 10.6 Å². The van der Waals surface area contributed by atoms with Crippen LogP contribution in [0.5, 0.6) is 0 Å². The number of hydrogen-bond acceptors (Lipinski definition) is 1. The molecular formula is C13H27N3. The molecule has 0 radical (unpaired) electrons. The van der Waals surface area contributed by atoms with Gasteiger partial charge in [-0.25, -0.2) is 0 Å². The molecule has 0 atom stereocenters. The van der Waals surface area contributed by atoms with Crippen molar-refractivity contribution in [3.05, 3.63) is 0 Å². The molecule has 94 valence electrons. The van der Waals surface area contributed by atoms with E-state index in [2.05, 4.69) is 36.4 Å². The van der Waals surface area contributed by atoms with E-state index in [1.165, 1.54) is 25.7 Å². The average molecular weight is 225 g/mol. The van der Waals surface area contributed by atoms with E-state index in [4.69, 9.17) is 0 Å². The number of guanidine groups is 1.